The van der Waals surface area contributed by atoms with Gasteiger partial charge in [0.1, 0.15) is 11.6 Å². The van der Waals surface area contributed by atoms with Crippen LogP contribution >= 0.6 is 15.9 Å². The normalized spacial score (nSPS) is 14.5. The van der Waals surface area contributed by atoms with Crippen molar-refractivity contribution in [3.8, 4) is 34.7 Å². The maximum Gasteiger partial charge on any atom is 0.379 e. The van der Waals surface area contributed by atoms with Crippen molar-refractivity contribution >= 4 is 21.9 Å². The lowest BCUT2D eigenvalue weighted by molar-refractivity contribution is 0.0695. The Morgan fingerprint density at radius 1 is 1.22 bits per heavy atom. The van der Waals surface area contributed by atoms with Crippen molar-refractivity contribution in [2.24, 2.45) is 5.73 Å². The third-order valence-electron chi connectivity index (χ3n) is 5.60. The van der Waals surface area contributed by atoms with Gasteiger partial charge in [-0.3, -0.25) is 5.10 Å². The Bertz CT molecular complexity index is 1500. The number of carbonyl (C=O) groups is 1. The van der Waals surface area contributed by atoms with Crippen LogP contribution in [0.4, 0.5) is 0 Å². The molecule has 0 fully saturated rings. The molecule has 4 aromatic rings. The number of halogens is 1. The monoisotopic (exact) mass is 546 g/mol. The highest BCUT2D eigenvalue weighted by atomic mass is 79.9. The molecule has 2 aromatic heterocycles. The van der Waals surface area contributed by atoms with Gasteiger partial charge in [-0.2, -0.15) is 5.26 Å². The molecule has 3 heterocycles. The predicted molar refractivity (Wildman–Crippen MR) is 132 cm³/mol. The van der Waals surface area contributed by atoms with E-state index < -0.39 is 11.9 Å². The number of nitrogens with one attached hydrogen (secondary N) is 1. The molecule has 36 heavy (non-hydrogen) atoms. The van der Waals surface area contributed by atoms with Gasteiger partial charge in [0.2, 0.25) is 17.5 Å². The van der Waals surface area contributed by atoms with Crippen LogP contribution in [0.15, 0.2) is 81.2 Å². The first kappa shape index (κ1) is 23.3. The number of rotatable bonds is 6. The Balaban J connectivity index is 1.60. The Kier molecular flexibility index (Phi) is 6.23. The highest BCUT2D eigenvalue weighted by molar-refractivity contribution is 9.10. The largest absolute Gasteiger partial charge is 0.490 e. The fraction of sp³-hybridized carbons (Fsp3) is 0.115. The molecule has 2 aromatic carbocycles. The molecule has 5 rings (SSSR count). The van der Waals surface area contributed by atoms with Crippen LogP contribution in [0.1, 0.15) is 34.5 Å². The first-order chi connectivity index (χ1) is 17.5. The van der Waals surface area contributed by atoms with E-state index in [-0.39, 0.29) is 28.8 Å². The van der Waals surface area contributed by atoms with Crippen molar-refractivity contribution in [2.45, 2.75) is 12.8 Å². The van der Waals surface area contributed by atoms with Crippen molar-refractivity contribution in [1.82, 2.24) is 10.2 Å². The number of benzene rings is 2. The third kappa shape index (κ3) is 4.21. The summed E-state index contributed by atoms with van der Waals surface area (Å²) in [6.07, 6.45) is 1.39. The van der Waals surface area contributed by atoms with Crippen LogP contribution in [-0.4, -0.2) is 22.8 Å². The molecule has 3 N–H and O–H groups in total. The van der Waals surface area contributed by atoms with Gasteiger partial charge in [0, 0.05) is 10.0 Å². The summed E-state index contributed by atoms with van der Waals surface area (Å²) in [6.45, 7) is 2.14. The van der Waals surface area contributed by atoms with Gasteiger partial charge in [0.25, 0.3) is 0 Å². The standard InChI is InChI=1S/C26H19BrN4O5/c1-2-33-20-12-15(7-10-18(20)35-26(32)19-4-3-11-34-19)21-17(13-28)24(29)36-25-22(21)23(30-31-25)14-5-8-16(27)9-6-14/h3-12,21H,2,29H2,1H3,(H,30,31). The topological polar surface area (TPSA) is 136 Å². The van der Waals surface area contributed by atoms with Crippen LogP contribution in [0.2, 0.25) is 0 Å². The average Bonchev–Trinajstić information content (AvgIpc) is 3.55. The molecule has 180 valence electrons. The predicted octanol–water partition coefficient (Wildman–Crippen LogP) is 5.27. The minimum Gasteiger partial charge on any atom is -0.490 e. The third-order valence-corrected chi connectivity index (χ3v) is 6.13. The second-order valence-corrected chi connectivity index (χ2v) is 8.67. The summed E-state index contributed by atoms with van der Waals surface area (Å²) in [4.78, 5) is 12.4. The molecular weight excluding hydrogens is 528 g/mol. The zero-order chi connectivity index (χ0) is 25.2. The fourth-order valence-corrected chi connectivity index (χ4v) is 4.28. The highest BCUT2D eigenvalue weighted by Crippen LogP contribution is 2.47. The second-order valence-electron chi connectivity index (χ2n) is 7.76. The smallest absolute Gasteiger partial charge is 0.379 e. The zero-order valence-electron chi connectivity index (χ0n) is 18.9. The number of H-pyrrole nitrogens is 1. The van der Waals surface area contributed by atoms with E-state index in [1.165, 1.54) is 12.3 Å². The van der Waals surface area contributed by atoms with E-state index in [2.05, 4.69) is 32.2 Å². The summed E-state index contributed by atoms with van der Waals surface area (Å²) < 4.78 is 23.0. The number of nitriles is 1. The van der Waals surface area contributed by atoms with E-state index in [0.717, 1.165) is 10.0 Å². The number of hydrogen-bond acceptors (Lipinski definition) is 8. The number of nitrogens with zero attached hydrogens (tertiary/aromatic N) is 2. The summed E-state index contributed by atoms with van der Waals surface area (Å²) in [7, 11) is 0. The van der Waals surface area contributed by atoms with Gasteiger partial charge in [-0.15, -0.1) is 5.10 Å². The second kappa shape index (κ2) is 9.64. The zero-order valence-corrected chi connectivity index (χ0v) is 20.5. The lowest BCUT2D eigenvalue weighted by Gasteiger charge is -2.25. The maximum absolute atomic E-state index is 12.4. The molecule has 0 bridgehead atoms. The molecular formula is C26H19BrN4O5. The van der Waals surface area contributed by atoms with Crippen LogP contribution in [0.25, 0.3) is 11.3 Å². The fourth-order valence-electron chi connectivity index (χ4n) is 4.02. The SMILES string of the molecule is CCOc1cc(C2C(C#N)=C(N)Oc3n[nH]c(-c4ccc(Br)cc4)c32)ccc1OC(=O)c1ccco1. The Morgan fingerprint density at radius 2 is 2.03 bits per heavy atom. The van der Waals surface area contributed by atoms with Gasteiger partial charge in [-0.05, 0) is 48.9 Å². The number of aromatic nitrogens is 2. The Labute approximate surface area is 214 Å². The molecule has 0 aliphatic carbocycles. The van der Waals surface area contributed by atoms with Gasteiger partial charge in [0.05, 0.1) is 30.0 Å². The number of ether oxygens (including phenoxy) is 3. The molecule has 1 aliphatic rings. The first-order valence-corrected chi connectivity index (χ1v) is 11.7. The molecule has 1 unspecified atom stereocenters. The van der Waals surface area contributed by atoms with Crippen molar-refractivity contribution < 1.29 is 23.4 Å². The minimum atomic E-state index is -0.656. The molecule has 0 spiro atoms. The number of aromatic amines is 1. The van der Waals surface area contributed by atoms with Crippen LogP contribution in [0.5, 0.6) is 17.4 Å². The summed E-state index contributed by atoms with van der Waals surface area (Å²) in [5.41, 5.74) is 9.22. The van der Waals surface area contributed by atoms with Crippen LogP contribution < -0.4 is 19.9 Å². The van der Waals surface area contributed by atoms with Gasteiger partial charge in [-0.25, -0.2) is 4.79 Å². The molecule has 0 saturated carbocycles. The summed E-state index contributed by atoms with van der Waals surface area (Å²) in [5, 5.41) is 17.3. The maximum atomic E-state index is 12.4. The molecule has 0 saturated heterocycles. The number of nitrogens with two attached hydrogens (primary N) is 1. The molecule has 1 atom stereocenters. The number of esters is 1. The van der Waals surface area contributed by atoms with Crippen molar-refractivity contribution in [1.29, 1.82) is 5.26 Å². The highest BCUT2D eigenvalue weighted by Gasteiger charge is 2.36. The summed E-state index contributed by atoms with van der Waals surface area (Å²) in [6, 6.07) is 18.0. The number of carbonyl (C=O) groups excluding carboxylic acids is 1. The van der Waals surface area contributed by atoms with Crippen molar-refractivity contribution in [3.05, 3.63) is 93.7 Å². The number of allylic oxidation sites excluding steroid dienone is 1. The van der Waals surface area contributed by atoms with Crippen LogP contribution in [-0.2, 0) is 0 Å². The van der Waals surface area contributed by atoms with Crippen LogP contribution in [0, 0.1) is 11.3 Å². The lowest BCUT2D eigenvalue weighted by Crippen LogP contribution is -2.21. The van der Waals surface area contributed by atoms with Gasteiger partial charge in [-0.1, -0.05) is 34.1 Å². The first-order valence-electron chi connectivity index (χ1n) is 10.9. The van der Waals surface area contributed by atoms with E-state index in [4.69, 9.17) is 24.4 Å². The molecule has 1 aliphatic heterocycles. The number of fused-ring (bicyclic) bond motifs is 1. The quantitative estimate of drug-likeness (QED) is 0.246. The van der Waals surface area contributed by atoms with Gasteiger partial charge in [0.15, 0.2) is 11.5 Å². The molecule has 9 nitrogen and oxygen atoms in total. The van der Waals surface area contributed by atoms with E-state index in [1.807, 2.05) is 31.2 Å². The average molecular weight is 547 g/mol. The molecule has 0 amide bonds. The van der Waals surface area contributed by atoms with E-state index in [1.54, 1.807) is 24.3 Å². The Morgan fingerprint density at radius 3 is 2.72 bits per heavy atom. The van der Waals surface area contributed by atoms with E-state index >= 15 is 0 Å². The van der Waals surface area contributed by atoms with E-state index in [0.29, 0.717) is 29.2 Å². The van der Waals surface area contributed by atoms with Gasteiger partial charge < -0.3 is 24.4 Å². The van der Waals surface area contributed by atoms with Gasteiger partial charge >= 0.3 is 5.97 Å². The number of hydrogen-bond donors (Lipinski definition) is 2. The van der Waals surface area contributed by atoms with Crippen molar-refractivity contribution in [2.75, 3.05) is 6.61 Å². The number of furan rings is 1. The molecule has 10 heteroatoms. The van der Waals surface area contributed by atoms with E-state index in [9.17, 15) is 10.1 Å². The van der Waals surface area contributed by atoms with Crippen LogP contribution in [0.3, 0.4) is 0 Å². The molecule has 0 radical (unpaired) electrons. The summed E-state index contributed by atoms with van der Waals surface area (Å²) >= 11 is 3.45. The lowest BCUT2D eigenvalue weighted by atomic mass is 9.83. The van der Waals surface area contributed by atoms with Crippen molar-refractivity contribution in [3.63, 3.8) is 0 Å². The minimum absolute atomic E-state index is 0.0323. The summed E-state index contributed by atoms with van der Waals surface area (Å²) in [5.74, 6) is -0.412. The Hall–Kier alpha value is -4.49.